The van der Waals surface area contributed by atoms with Gasteiger partial charge in [-0.05, 0) is 0 Å². The van der Waals surface area contributed by atoms with E-state index in [2.05, 4.69) is 6.58 Å². The second-order valence-corrected chi connectivity index (χ2v) is 2.96. The number of esters is 1. The van der Waals surface area contributed by atoms with Crippen molar-refractivity contribution < 1.29 is 14.3 Å². The van der Waals surface area contributed by atoms with Gasteiger partial charge >= 0.3 is 5.97 Å². The molecule has 0 unspecified atom stereocenters. The van der Waals surface area contributed by atoms with Crippen LogP contribution < -0.4 is 0 Å². The Morgan fingerprint density at radius 3 is 2.40 bits per heavy atom. The molecule has 0 amide bonds. The Labute approximate surface area is 88.4 Å². The van der Waals surface area contributed by atoms with Crippen LogP contribution >= 0.6 is 0 Å². The molecule has 3 nitrogen and oxygen atoms in total. The minimum Gasteiger partial charge on any atom is -0.421 e. The lowest BCUT2D eigenvalue weighted by atomic mass is 10.2. The summed E-state index contributed by atoms with van der Waals surface area (Å²) in [6.45, 7) is 5.19. The highest BCUT2D eigenvalue weighted by Gasteiger charge is 2.14. The predicted molar refractivity (Wildman–Crippen MR) is 56.9 cm³/mol. The van der Waals surface area contributed by atoms with Gasteiger partial charge in [0.15, 0.2) is 0 Å². The van der Waals surface area contributed by atoms with Crippen molar-refractivity contribution in [3.8, 4) is 0 Å². The first-order valence-electron chi connectivity index (χ1n) is 4.64. The van der Waals surface area contributed by atoms with Gasteiger partial charge in [0.25, 0.3) is 0 Å². The third-order valence-corrected chi connectivity index (χ3v) is 1.86. The van der Waals surface area contributed by atoms with Gasteiger partial charge in [0.1, 0.15) is 5.76 Å². The first kappa shape index (κ1) is 11.2. The molecule has 0 heterocycles. The molecule has 0 bridgehead atoms. The molecule has 0 radical (unpaired) electrons. The fraction of sp³-hybridized carbons (Fsp3) is 0.167. The average molecular weight is 204 g/mol. The number of carbonyl (C=O) groups is 2. The zero-order valence-corrected chi connectivity index (χ0v) is 8.53. The highest BCUT2D eigenvalue weighted by atomic mass is 16.5. The SMILES string of the molecule is C=C(OC(=O)C(=O)CC)c1ccccc1. The van der Waals surface area contributed by atoms with Crippen LogP contribution in [0.5, 0.6) is 0 Å². The highest BCUT2D eigenvalue weighted by molar-refractivity contribution is 6.34. The molecule has 1 rings (SSSR count). The van der Waals surface area contributed by atoms with Crippen molar-refractivity contribution in [3.63, 3.8) is 0 Å². The number of ether oxygens (including phenoxy) is 1. The van der Waals surface area contributed by atoms with Gasteiger partial charge < -0.3 is 4.74 Å². The monoisotopic (exact) mass is 204 g/mol. The van der Waals surface area contributed by atoms with Crippen LogP contribution in [0.25, 0.3) is 5.76 Å². The molecule has 0 aliphatic carbocycles. The van der Waals surface area contributed by atoms with Gasteiger partial charge in [-0.1, -0.05) is 43.8 Å². The molecule has 3 heteroatoms. The number of benzene rings is 1. The lowest BCUT2D eigenvalue weighted by Gasteiger charge is -2.05. The molecule has 0 saturated carbocycles. The summed E-state index contributed by atoms with van der Waals surface area (Å²) < 4.78 is 4.81. The van der Waals surface area contributed by atoms with E-state index in [4.69, 9.17) is 4.74 Å². The molecule has 0 aliphatic heterocycles. The fourth-order valence-electron chi connectivity index (χ4n) is 0.996. The quantitative estimate of drug-likeness (QED) is 0.429. The number of hydrogen-bond acceptors (Lipinski definition) is 3. The summed E-state index contributed by atoms with van der Waals surface area (Å²) in [4.78, 5) is 22.1. The van der Waals surface area contributed by atoms with E-state index in [-0.39, 0.29) is 12.2 Å². The van der Waals surface area contributed by atoms with Crippen molar-refractivity contribution in [2.45, 2.75) is 13.3 Å². The van der Waals surface area contributed by atoms with Gasteiger partial charge in [-0.2, -0.15) is 0 Å². The Morgan fingerprint density at radius 2 is 1.87 bits per heavy atom. The third-order valence-electron chi connectivity index (χ3n) is 1.86. The Hall–Kier alpha value is -1.90. The van der Waals surface area contributed by atoms with Crippen LogP contribution in [-0.2, 0) is 14.3 Å². The average Bonchev–Trinajstić information content (AvgIpc) is 2.29. The Kier molecular flexibility index (Phi) is 3.80. The van der Waals surface area contributed by atoms with Gasteiger partial charge in [0.05, 0.1) is 0 Å². The van der Waals surface area contributed by atoms with Gasteiger partial charge in [-0.25, -0.2) is 4.79 Å². The Bertz CT molecular complexity index is 379. The minimum atomic E-state index is -0.855. The number of carbonyl (C=O) groups excluding carboxylic acids is 2. The molecule has 0 atom stereocenters. The van der Waals surface area contributed by atoms with E-state index in [0.717, 1.165) is 0 Å². The summed E-state index contributed by atoms with van der Waals surface area (Å²) in [5, 5.41) is 0. The summed E-state index contributed by atoms with van der Waals surface area (Å²) in [6.07, 6.45) is 0.140. The number of rotatable bonds is 4. The molecule has 78 valence electrons. The van der Waals surface area contributed by atoms with Gasteiger partial charge in [0.2, 0.25) is 5.78 Å². The summed E-state index contributed by atoms with van der Waals surface area (Å²) in [7, 11) is 0. The molecule has 0 spiro atoms. The first-order valence-corrected chi connectivity index (χ1v) is 4.64. The van der Waals surface area contributed by atoms with Crippen molar-refractivity contribution in [3.05, 3.63) is 42.5 Å². The zero-order chi connectivity index (χ0) is 11.3. The van der Waals surface area contributed by atoms with E-state index in [1.165, 1.54) is 0 Å². The molecule has 0 fully saturated rings. The highest BCUT2D eigenvalue weighted by Crippen LogP contribution is 2.13. The largest absolute Gasteiger partial charge is 0.421 e. The van der Waals surface area contributed by atoms with Crippen molar-refractivity contribution in [1.82, 2.24) is 0 Å². The number of ketones is 1. The predicted octanol–water partition coefficient (Wildman–Crippen LogP) is 2.18. The second-order valence-electron chi connectivity index (χ2n) is 2.96. The summed E-state index contributed by atoms with van der Waals surface area (Å²) in [5.74, 6) is -1.21. The maximum atomic E-state index is 11.1. The van der Waals surface area contributed by atoms with Gasteiger partial charge in [0, 0.05) is 12.0 Å². The van der Waals surface area contributed by atoms with Crippen molar-refractivity contribution >= 4 is 17.5 Å². The van der Waals surface area contributed by atoms with Crippen molar-refractivity contribution in [2.24, 2.45) is 0 Å². The van der Waals surface area contributed by atoms with E-state index in [9.17, 15) is 9.59 Å². The van der Waals surface area contributed by atoms with Crippen LogP contribution in [0.3, 0.4) is 0 Å². The minimum absolute atomic E-state index is 0.140. The van der Waals surface area contributed by atoms with E-state index >= 15 is 0 Å². The maximum absolute atomic E-state index is 11.1. The van der Waals surface area contributed by atoms with Gasteiger partial charge in [-0.15, -0.1) is 0 Å². The molecule has 0 N–H and O–H groups in total. The van der Waals surface area contributed by atoms with E-state index in [0.29, 0.717) is 5.56 Å². The maximum Gasteiger partial charge on any atom is 0.379 e. The molecular weight excluding hydrogens is 192 g/mol. The Balaban J connectivity index is 2.65. The standard InChI is InChI=1S/C12H12O3/c1-3-11(13)12(14)15-9(2)10-7-5-4-6-8-10/h4-8H,2-3H2,1H3. The molecule has 1 aromatic rings. The topological polar surface area (TPSA) is 43.4 Å². The van der Waals surface area contributed by atoms with Crippen LogP contribution in [0.4, 0.5) is 0 Å². The molecule has 1 aromatic carbocycles. The van der Waals surface area contributed by atoms with Crippen LogP contribution in [-0.4, -0.2) is 11.8 Å². The normalized spacial score (nSPS) is 9.40. The fourth-order valence-corrected chi connectivity index (χ4v) is 0.996. The van der Waals surface area contributed by atoms with Gasteiger partial charge in [-0.3, -0.25) is 4.79 Å². The van der Waals surface area contributed by atoms with Crippen LogP contribution in [0.1, 0.15) is 18.9 Å². The molecule has 0 aliphatic rings. The summed E-state index contributed by atoms with van der Waals surface area (Å²) in [6, 6.07) is 8.96. The van der Waals surface area contributed by atoms with E-state index in [1.807, 2.05) is 6.07 Å². The van der Waals surface area contributed by atoms with Crippen molar-refractivity contribution in [1.29, 1.82) is 0 Å². The second kappa shape index (κ2) is 5.10. The van der Waals surface area contributed by atoms with Crippen molar-refractivity contribution in [2.75, 3.05) is 0 Å². The molecule has 15 heavy (non-hydrogen) atoms. The first-order chi connectivity index (χ1) is 7.15. The van der Waals surface area contributed by atoms with Crippen LogP contribution in [0.15, 0.2) is 36.9 Å². The molecule has 0 saturated heterocycles. The lowest BCUT2D eigenvalue weighted by molar-refractivity contribution is -0.148. The number of hydrogen-bond donors (Lipinski definition) is 0. The summed E-state index contributed by atoms with van der Waals surface area (Å²) >= 11 is 0. The van der Waals surface area contributed by atoms with E-state index in [1.54, 1.807) is 31.2 Å². The van der Waals surface area contributed by atoms with Crippen LogP contribution in [0, 0.1) is 0 Å². The number of Topliss-reactive ketones (excluding diaryl/α,β-unsaturated/α-hetero) is 1. The third kappa shape index (κ3) is 3.06. The smallest absolute Gasteiger partial charge is 0.379 e. The Morgan fingerprint density at radius 1 is 1.27 bits per heavy atom. The summed E-state index contributed by atoms with van der Waals surface area (Å²) in [5.41, 5.74) is 0.690. The lowest BCUT2D eigenvalue weighted by Crippen LogP contribution is -2.15. The molecular formula is C12H12O3. The van der Waals surface area contributed by atoms with E-state index < -0.39 is 11.8 Å². The zero-order valence-electron chi connectivity index (χ0n) is 8.53. The molecule has 0 aromatic heterocycles. The van der Waals surface area contributed by atoms with Crippen LogP contribution in [0.2, 0.25) is 0 Å².